The van der Waals surface area contributed by atoms with Gasteiger partial charge < -0.3 is 15.4 Å². The molecule has 5 heteroatoms. The van der Waals surface area contributed by atoms with E-state index in [4.69, 9.17) is 4.74 Å². The highest BCUT2D eigenvalue weighted by Crippen LogP contribution is 2.20. The van der Waals surface area contributed by atoms with E-state index in [1.54, 1.807) is 0 Å². The molecule has 0 saturated heterocycles. The molecule has 0 aromatic heterocycles. The van der Waals surface area contributed by atoms with Crippen LogP contribution in [0.1, 0.15) is 53.5 Å². The lowest BCUT2D eigenvalue weighted by Crippen LogP contribution is -2.52. The van der Waals surface area contributed by atoms with Gasteiger partial charge in [0.05, 0.1) is 0 Å². The fraction of sp³-hybridized carbons (Fsp3) is 0.632. The summed E-state index contributed by atoms with van der Waals surface area (Å²) in [4.78, 5) is 12.0. The molecular formula is C19H31BrN2O2. The van der Waals surface area contributed by atoms with Gasteiger partial charge in [0.1, 0.15) is 5.60 Å². The van der Waals surface area contributed by atoms with Crippen LogP contribution in [0.3, 0.4) is 0 Å². The third-order valence-electron chi connectivity index (χ3n) is 3.54. The largest absolute Gasteiger partial charge is 0.444 e. The average Bonchev–Trinajstić information content (AvgIpc) is 2.42. The molecule has 136 valence electrons. The number of carbonyl (C=O) groups is 1. The van der Waals surface area contributed by atoms with Gasteiger partial charge in [-0.25, -0.2) is 4.79 Å². The predicted octanol–water partition coefficient (Wildman–Crippen LogP) is 4.87. The average molecular weight is 399 g/mol. The molecule has 0 fully saturated rings. The first-order valence-corrected chi connectivity index (χ1v) is 9.25. The van der Waals surface area contributed by atoms with E-state index >= 15 is 0 Å². The van der Waals surface area contributed by atoms with E-state index in [-0.39, 0.29) is 11.6 Å². The van der Waals surface area contributed by atoms with Crippen LogP contribution in [0.2, 0.25) is 0 Å². The van der Waals surface area contributed by atoms with Gasteiger partial charge in [-0.1, -0.05) is 48.0 Å². The number of carbonyl (C=O) groups excluding carboxylic acids is 1. The van der Waals surface area contributed by atoms with Crippen molar-refractivity contribution < 1.29 is 9.53 Å². The normalized spacial score (nSPS) is 14.3. The van der Waals surface area contributed by atoms with Crippen molar-refractivity contribution in [3.63, 3.8) is 0 Å². The van der Waals surface area contributed by atoms with Crippen LogP contribution < -0.4 is 10.6 Å². The minimum Gasteiger partial charge on any atom is -0.444 e. The number of rotatable bonds is 7. The molecule has 1 rings (SSSR count). The molecule has 1 amide bonds. The lowest BCUT2D eigenvalue weighted by molar-refractivity contribution is 0.0507. The fourth-order valence-corrected chi connectivity index (χ4v) is 3.06. The second-order valence-corrected chi connectivity index (χ2v) is 8.81. The highest BCUT2D eigenvalue weighted by molar-refractivity contribution is 9.10. The maximum absolute atomic E-state index is 12.0. The minimum atomic E-state index is -0.485. The summed E-state index contributed by atoms with van der Waals surface area (Å²) in [5.74, 6) is 0.516. The maximum atomic E-state index is 12.0. The topological polar surface area (TPSA) is 50.4 Å². The Balaban J connectivity index is 2.68. The lowest BCUT2D eigenvalue weighted by atomic mass is 9.90. The molecule has 0 aliphatic heterocycles. The van der Waals surface area contributed by atoms with E-state index in [1.165, 1.54) is 5.56 Å². The first-order chi connectivity index (χ1) is 11.0. The quantitative estimate of drug-likeness (QED) is 0.688. The van der Waals surface area contributed by atoms with Gasteiger partial charge in [0.2, 0.25) is 0 Å². The van der Waals surface area contributed by atoms with Crippen LogP contribution in [-0.2, 0) is 11.3 Å². The van der Waals surface area contributed by atoms with Crippen molar-refractivity contribution in [2.45, 2.75) is 65.6 Å². The summed E-state index contributed by atoms with van der Waals surface area (Å²) in [5.41, 5.74) is 0.506. The zero-order valence-electron chi connectivity index (χ0n) is 15.7. The van der Waals surface area contributed by atoms with Gasteiger partial charge in [-0.15, -0.1) is 0 Å². The van der Waals surface area contributed by atoms with Crippen LogP contribution >= 0.6 is 15.9 Å². The summed E-state index contributed by atoms with van der Waals surface area (Å²) in [6.07, 6.45) is 0.577. The van der Waals surface area contributed by atoms with Gasteiger partial charge in [-0.2, -0.15) is 0 Å². The molecule has 2 N–H and O–H groups in total. The van der Waals surface area contributed by atoms with Gasteiger partial charge in [-0.3, -0.25) is 0 Å². The van der Waals surface area contributed by atoms with Gasteiger partial charge >= 0.3 is 6.09 Å². The summed E-state index contributed by atoms with van der Waals surface area (Å²) in [6, 6.07) is 8.16. The third kappa shape index (κ3) is 8.15. The Hall–Kier alpha value is -1.07. The Morgan fingerprint density at radius 2 is 1.83 bits per heavy atom. The van der Waals surface area contributed by atoms with Crippen molar-refractivity contribution in [1.29, 1.82) is 0 Å². The molecule has 0 radical (unpaired) electrons. The Labute approximate surface area is 154 Å². The fourth-order valence-electron chi connectivity index (χ4n) is 2.64. The molecule has 0 spiro atoms. The number of benzene rings is 1. The zero-order chi connectivity index (χ0) is 18.4. The number of ether oxygens (including phenoxy) is 1. The molecule has 0 saturated carbocycles. The van der Waals surface area contributed by atoms with Crippen LogP contribution in [0.4, 0.5) is 4.79 Å². The summed E-state index contributed by atoms with van der Waals surface area (Å²) in [6.45, 7) is 13.4. The van der Waals surface area contributed by atoms with Gasteiger partial charge in [0, 0.05) is 23.1 Å². The second-order valence-electron chi connectivity index (χ2n) is 7.96. The van der Waals surface area contributed by atoms with E-state index in [0.717, 1.165) is 17.4 Å². The summed E-state index contributed by atoms with van der Waals surface area (Å²) < 4.78 is 6.42. The molecule has 1 aromatic rings. The van der Waals surface area contributed by atoms with E-state index < -0.39 is 5.60 Å². The first kappa shape index (κ1) is 21.0. The number of hydrogen-bond acceptors (Lipinski definition) is 3. The van der Waals surface area contributed by atoms with Crippen LogP contribution in [0.15, 0.2) is 28.7 Å². The van der Waals surface area contributed by atoms with Crippen LogP contribution in [0.25, 0.3) is 0 Å². The van der Waals surface area contributed by atoms with E-state index in [2.05, 4.69) is 53.4 Å². The standard InChI is InChI=1S/C19H31BrN2O2/c1-14(2)11-19(6,13-21-17(23)24-18(3,4)5)22-12-15-9-7-8-10-16(15)20/h7-10,14,22H,11-13H2,1-6H3,(H,21,23). The molecular weight excluding hydrogens is 368 g/mol. The summed E-state index contributed by atoms with van der Waals surface area (Å²) in [7, 11) is 0. The Kier molecular flexibility index (Phi) is 7.74. The number of nitrogens with one attached hydrogen (secondary N) is 2. The van der Waals surface area contributed by atoms with Crippen molar-refractivity contribution in [1.82, 2.24) is 10.6 Å². The number of hydrogen-bond donors (Lipinski definition) is 2. The Morgan fingerprint density at radius 3 is 2.38 bits per heavy atom. The van der Waals surface area contributed by atoms with E-state index in [9.17, 15) is 4.79 Å². The van der Waals surface area contributed by atoms with Crippen LogP contribution in [-0.4, -0.2) is 23.8 Å². The lowest BCUT2D eigenvalue weighted by Gasteiger charge is -2.33. The van der Waals surface area contributed by atoms with E-state index in [1.807, 2.05) is 39.0 Å². The summed E-state index contributed by atoms with van der Waals surface area (Å²) in [5, 5.41) is 6.50. The Bertz CT molecular complexity index is 540. The van der Waals surface area contributed by atoms with Crippen molar-refractivity contribution in [2.24, 2.45) is 5.92 Å². The van der Waals surface area contributed by atoms with Gasteiger partial charge in [0.15, 0.2) is 0 Å². The molecule has 1 unspecified atom stereocenters. The van der Waals surface area contributed by atoms with Crippen molar-refractivity contribution >= 4 is 22.0 Å². The molecule has 1 atom stereocenters. The molecule has 0 aliphatic rings. The zero-order valence-corrected chi connectivity index (χ0v) is 17.3. The molecule has 0 bridgehead atoms. The number of halogens is 1. The summed E-state index contributed by atoms with van der Waals surface area (Å²) >= 11 is 3.58. The third-order valence-corrected chi connectivity index (χ3v) is 4.32. The maximum Gasteiger partial charge on any atom is 0.407 e. The van der Waals surface area contributed by atoms with Crippen molar-refractivity contribution in [3.8, 4) is 0 Å². The van der Waals surface area contributed by atoms with Crippen LogP contribution in [0, 0.1) is 5.92 Å². The monoisotopic (exact) mass is 398 g/mol. The highest BCUT2D eigenvalue weighted by Gasteiger charge is 2.27. The molecule has 0 heterocycles. The van der Waals surface area contributed by atoms with E-state index in [0.29, 0.717) is 12.5 Å². The van der Waals surface area contributed by atoms with Crippen molar-refractivity contribution in [2.75, 3.05) is 6.54 Å². The smallest absolute Gasteiger partial charge is 0.407 e. The molecule has 1 aromatic carbocycles. The predicted molar refractivity (Wildman–Crippen MR) is 103 cm³/mol. The van der Waals surface area contributed by atoms with Gasteiger partial charge in [-0.05, 0) is 51.7 Å². The first-order valence-electron chi connectivity index (χ1n) is 8.46. The highest BCUT2D eigenvalue weighted by atomic mass is 79.9. The molecule has 0 aliphatic carbocycles. The number of alkyl carbamates (subject to hydrolysis) is 1. The minimum absolute atomic E-state index is 0.208. The second kappa shape index (κ2) is 8.86. The van der Waals surface area contributed by atoms with Gasteiger partial charge in [0.25, 0.3) is 0 Å². The number of amides is 1. The SMILES string of the molecule is CC(C)CC(C)(CNC(=O)OC(C)(C)C)NCc1ccccc1Br. The molecule has 4 nitrogen and oxygen atoms in total. The Morgan fingerprint density at radius 1 is 1.21 bits per heavy atom. The van der Waals surface area contributed by atoms with Crippen LogP contribution in [0.5, 0.6) is 0 Å². The molecule has 24 heavy (non-hydrogen) atoms. The van der Waals surface area contributed by atoms with Crippen molar-refractivity contribution in [3.05, 3.63) is 34.3 Å².